The summed E-state index contributed by atoms with van der Waals surface area (Å²) in [6.07, 6.45) is -0.967. The van der Waals surface area contributed by atoms with Gasteiger partial charge in [0.05, 0.1) is 13.7 Å². The SMILES string of the molecule is CCOc1ccc(NC(=O)C(C)OC(=O)COc2ccccc2OC)cc1. The number of carbonyl (C=O) groups excluding carboxylic acids is 2. The highest BCUT2D eigenvalue weighted by atomic mass is 16.6. The number of rotatable bonds is 9. The van der Waals surface area contributed by atoms with E-state index in [1.165, 1.54) is 14.0 Å². The van der Waals surface area contributed by atoms with Gasteiger partial charge in [-0.05, 0) is 50.2 Å². The van der Waals surface area contributed by atoms with Crippen LogP contribution in [0.2, 0.25) is 0 Å². The fourth-order valence-corrected chi connectivity index (χ4v) is 2.20. The summed E-state index contributed by atoms with van der Waals surface area (Å²) >= 11 is 0. The second-order valence-corrected chi connectivity index (χ2v) is 5.52. The van der Waals surface area contributed by atoms with Crippen molar-refractivity contribution >= 4 is 17.6 Å². The molecule has 2 rings (SSSR count). The molecular weight excluding hydrogens is 350 g/mol. The van der Waals surface area contributed by atoms with Gasteiger partial charge >= 0.3 is 5.97 Å². The van der Waals surface area contributed by atoms with Crippen LogP contribution in [-0.2, 0) is 14.3 Å². The van der Waals surface area contributed by atoms with Crippen molar-refractivity contribution in [3.05, 3.63) is 48.5 Å². The zero-order chi connectivity index (χ0) is 19.6. The van der Waals surface area contributed by atoms with E-state index < -0.39 is 18.0 Å². The molecular formula is C20H23NO6. The number of anilines is 1. The van der Waals surface area contributed by atoms with Crippen LogP contribution in [0.3, 0.4) is 0 Å². The van der Waals surface area contributed by atoms with Crippen LogP contribution in [0.25, 0.3) is 0 Å². The largest absolute Gasteiger partial charge is 0.494 e. The minimum absolute atomic E-state index is 0.332. The predicted octanol–water partition coefficient (Wildman–Crippen LogP) is 3.04. The summed E-state index contributed by atoms with van der Waals surface area (Å²) in [6.45, 7) is 3.62. The maximum atomic E-state index is 12.2. The number of nitrogens with one attached hydrogen (secondary N) is 1. The van der Waals surface area contributed by atoms with Crippen molar-refractivity contribution in [2.75, 3.05) is 25.6 Å². The Morgan fingerprint density at radius 1 is 1.00 bits per heavy atom. The Labute approximate surface area is 158 Å². The minimum atomic E-state index is -0.967. The Morgan fingerprint density at radius 3 is 2.30 bits per heavy atom. The molecule has 2 aromatic carbocycles. The number of ether oxygens (including phenoxy) is 4. The molecule has 0 aliphatic carbocycles. The lowest BCUT2D eigenvalue weighted by atomic mass is 10.3. The average Bonchev–Trinajstić information content (AvgIpc) is 2.68. The summed E-state index contributed by atoms with van der Waals surface area (Å²) < 4.78 is 21.0. The normalized spacial score (nSPS) is 11.2. The van der Waals surface area contributed by atoms with Gasteiger partial charge < -0.3 is 24.3 Å². The van der Waals surface area contributed by atoms with Crippen LogP contribution in [0, 0.1) is 0 Å². The van der Waals surface area contributed by atoms with Gasteiger partial charge in [0.15, 0.2) is 24.2 Å². The number of methoxy groups -OCH3 is 1. The van der Waals surface area contributed by atoms with E-state index in [1.807, 2.05) is 6.92 Å². The summed E-state index contributed by atoms with van der Waals surface area (Å²) in [5, 5.41) is 2.68. The standard InChI is InChI=1S/C20H23NO6/c1-4-25-16-11-9-15(10-12-16)21-20(23)14(2)27-19(22)13-26-18-8-6-5-7-17(18)24-3/h5-12,14H,4,13H2,1-3H3,(H,21,23). The van der Waals surface area contributed by atoms with E-state index >= 15 is 0 Å². The van der Waals surface area contributed by atoms with Gasteiger partial charge in [0, 0.05) is 5.69 Å². The highest BCUT2D eigenvalue weighted by Crippen LogP contribution is 2.25. The molecule has 7 heteroatoms. The Kier molecular flexibility index (Phi) is 7.49. The second-order valence-electron chi connectivity index (χ2n) is 5.52. The van der Waals surface area contributed by atoms with E-state index in [-0.39, 0.29) is 6.61 Å². The van der Waals surface area contributed by atoms with Gasteiger partial charge in [-0.2, -0.15) is 0 Å². The Hall–Kier alpha value is -3.22. The zero-order valence-corrected chi connectivity index (χ0v) is 15.6. The number of benzene rings is 2. The Bertz CT molecular complexity index is 759. The van der Waals surface area contributed by atoms with Crippen LogP contribution in [0.1, 0.15) is 13.8 Å². The zero-order valence-electron chi connectivity index (χ0n) is 15.6. The molecule has 27 heavy (non-hydrogen) atoms. The summed E-state index contributed by atoms with van der Waals surface area (Å²) in [4.78, 5) is 24.1. The number of amides is 1. The molecule has 1 amide bonds. The van der Waals surface area contributed by atoms with Crippen LogP contribution in [0.4, 0.5) is 5.69 Å². The molecule has 0 radical (unpaired) electrons. The topological polar surface area (TPSA) is 83.1 Å². The first-order valence-electron chi connectivity index (χ1n) is 8.52. The number of hydrogen-bond acceptors (Lipinski definition) is 6. The van der Waals surface area contributed by atoms with E-state index in [4.69, 9.17) is 18.9 Å². The van der Waals surface area contributed by atoms with Gasteiger partial charge in [-0.15, -0.1) is 0 Å². The van der Waals surface area contributed by atoms with Gasteiger partial charge in [-0.3, -0.25) is 4.79 Å². The maximum Gasteiger partial charge on any atom is 0.344 e. The molecule has 0 bridgehead atoms. The molecule has 0 aromatic heterocycles. The molecule has 0 saturated carbocycles. The van der Waals surface area contributed by atoms with Gasteiger partial charge in [0.25, 0.3) is 5.91 Å². The average molecular weight is 373 g/mol. The van der Waals surface area contributed by atoms with E-state index in [0.29, 0.717) is 29.5 Å². The quantitative estimate of drug-likeness (QED) is 0.680. The van der Waals surface area contributed by atoms with Crippen molar-refractivity contribution < 1.29 is 28.5 Å². The molecule has 2 aromatic rings. The highest BCUT2D eigenvalue weighted by Gasteiger charge is 2.18. The van der Waals surface area contributed by atoms with Crippen molar-refractivity contribution in [3.8, 4) is 17.2 Å². The minimum Gasteiger partial charge on any atom is -0.494 e. The first kappa shape index (κ1) is 20.1. The molecule has 0 aliphatic rings. The molecule has 1 unspecified atom stereocenters. The lowest BCUT2D eigenvalue weighted by Crippen LogP contribution is -2.31. The third kappa shape index (κ3) is 6.22. The Morgan fingerprint density at radius 2 is 1.67 bits per heavy atom. The third-order valence-electron chi connectivity index (χ3n) is 3.52. The first-order valence-corrected chi connectivity index (χ1v) is 8.52. The highest BCUT2D eigenvalue weighted by molar-refractivity contribution is 5.95. The van der Waals surface area contributed by atoms with Gasteiger partial charge in [-0.25, -0.2) is 4.79 Å². The van der Waals surface area contributed by atoms with Crippen molar-refractivity contribution in [2.45, 2.75) is 20.0 Å². The fraction of sp³-hybridized carbons (Fsp3) is 0.300. The van der Waals surface area contributed by atoms with Gasteiger partial charge in [0.1, 0.15) is 5.75 Å². The maximum absolute atomic E-state index is 12.2. The summed E-state index contributed by atoms with van der Waals surface area (Å²) in [5.41, 5.74) is 0.580. The van der Waals surface area contributed by atoms with E-state index in [9.17, 15) is 9.59 Å². The Balaban J connectivity index is 1.81. The van der Waals surface area contributed by atoms with Crippen molar-refractivity contribution in [3.63, 3.8) is 0 Å². The molecule has 144 valence electrons. The summed E-state index contributed by atoms with van der Waals surface area (Å²) in [5.74, 6) is 0.540. The fourth-order valence-electron chi connectivity index (χ4n) is 2.20. The van der Waals surface area contributed by atoms with Crippen molar-refractivity contribution in [1.82, 2.24) is 0 Å². The van der Waals surface area contributed by atoms with Crippen LogP contribution in [-0.4, -0.2) is 38.3 Å². The number of carbonyl (C=O) groups is 2. The molecule has 0 aliphatic heterocycles. The summed E-state index contributed by atoms with van der Waals surface area (Å²) in [6, 6.07) is 13.9. The van der Waals surface area contributed by atoms with Crippen LogP contribution in [0.15, 0.2) is 48.5 Å². The van der Waals surface area contributed by atoms with Crippen LogP contribution >= 0.6 is 0 Å². The van der Waals surface area contributed by atoms with Crippen molar-refractivity contribution in [2.24, 2.45) is 0 Å². The summed E-state index contributed by atoms with van der Waals surface area (Å²) in [7, 11) is 1.51. The third-order valence-corrected chi connectivity index (χ3v) is 3.52. The van der Waals surface area contributed by atoms with Gasteiger partial charge in [-0.1, -0.05) is 12.1 Å². The van der Waals surface area contributed by atoms with Crippen LogP contribution < -0.4 is 19.5 Å². The molecule has 0 fully saturated rings. The van der Waals surface area contributed by atoms with E-state index in [1.54, 1.807) is 48.5 Å². The molecule has 1 N–H and O–H groups in total. The van der Waals surface area contributed by atoms with Crippen LogP contribution in [0.5, 0.6) is 17.2 Å². The van der Waals surface area contributed by atoms with Crippen molar-refractivity contribution in [1.29, 1.82) is 0 Å². The number of hydrogen-bond donors (Lipinski definition) is 1. The first-order chi connectivity index (χ1) is 13.0. The molecule has 0 saturated heterocycles. The lowest BCUT2D eigenvalue weighted by Gasteiger charge is -2.15. The lowest BCUT2D eigenvalue weighted by molar-refractivity contribution is -0.155. The van der Waals surface area contributed by atoms with E-state index in [2.05, 4.69) is 5.32 Å². The predicted molar refractivity (Wildman–Crippen MR) is 100 cm³/mol. The number of esters is 1. The number of para-hydroxylation sites is 2. The molecule has 1 atom stereocenters. The van der Waals surface area contributed by atoms with E-state index in [0.717, 1.165) is 0 Å². The molecule has 0 spiro atoms. The monoisotopic (exact) mass is 373 g/mol. The molecule has 7 nitrogen and oxygen atoms in total. The smallest absolute Gasteiger partial charge is 0.344 e. The second kappa shape index (κ2) is 10.1. The van der Waals surface area contributed by atoms with Gasteiger partial charge in [0.2, 0.25) is 0 Å². The molecule has 0 heterocycles.